The van der Waals surface area contributed by atoms with Crippen LogP contribution in [0.1, 0.15) is 5.56 Å². The van der Waals surface area contributed by atoms with Crippen LogP contribution >= 0.6 is 11.6 Å². The molecule has 8 heteroatoms. The molecule has 0 N–H and O–H groups in total. The number of nitrogens with zero attached hydrogens (tertiary/aromatic N) is 4. The van der Waals surface area contributed by atoms with E-state index in [0.717, 1.165) is 28.4 Å². The summed E-state index contributed by atoms with van der Waals surface area (Å²) in [6.45, 7) is 4.54. The number of carbonyl (C=O) groups is 1. The number of piperazine rings is 1. The highest BCUT2D eigenvalue weighted by Crippen LogP contribution is 2.23. The number of carbonyl (C=O) groups excluding carboxylic acids is 1. The van der Waals surface area contributed by atoms with Gasteiger partial charge in [0, 0.05) is 36.8 Å². The molecular formula is C24H25ClN4O3. The van der Waals surface area contributed by atoms with Gasteiger partial charge in [0.2, 0.25) is 0 Å². The molecular weight excluding hydrogens is 428 g/mol. The topological polar surface area (TPSA) is 67.8 Å². The summed E-state index contributed by atoms with van der Waals surface area (Å²) >= 11 is 6.03. The van der Waals surface area contributed by atoms with E-state index in [1.165, 1.54) is 0 Å². The number of halogens is 1. The second kappa shape index (κ2) is 9.87. The predicted octanol–water partition coefficient (Wildman–Crippen LogP) is 3.84. The molecule has 0 radical (unpaired) electrons. The molecule has 2 heterocycles. The normalized spacial score (nSPS) is 13.7. The average Bonchev–Trinajstić information content (AvgIpc) is 2.85. The maximum Gasteiger partial charge on any atom is 0.260 e. The fourth-order valence-corrected chi connectivity index (χ4v) is 3.66. The van der Waals surface area contributed by atoms with Crippen molar-refractivity contribution in [1.82, 2.24) is 15.1 Å². The zero-order chi connectivity index (χ0) is 22.5. The van der Waals surface area contributed by atoms with Gasteiger partial charge in [0.1, 0.15) is 11.5 Å². The Bertz CT molecular complexity index is 1070. The number of aryl methyl sites for hydroxylation is 1. The zero-order valence-corrected chi connectivity index (χ0v) is 18.9. The second-order valence-corrected chi connectivity index (χ2v) is 7.98. The van der Waals surface area contributed by atoms with Gasteiger partial charge in [-0.2, -0.15) is 0 Å². The Kier molecular flexibility index (Phi) is 6.75. The van der Waals surface area contributed by atoms with Crippen LogP contribution in [0.4, 0.5) is 5.82 Å². The smallest absolute Gasteiger partial charge is 0.260 e. The van der Waals surface area contributed by atoms with Crippen LogP contribution in [-0.4, -0.2) is 60.9 Å². The summed E-state index contributed by atoms with van der Waals surface area (Å²) in [5.41, 5.74) is 2.71. The van der Waals surface area contributed by atoms with Crippen molar-refractivity contribution in [1.29, 1.82) is 0 Å². The molecule has 0 spiro atoms. The fraction of sp³-hybridized carbons (Fsp3) is 0.292. The number of rotatable bonds is 6. The molecule has 3 aromatic rings. The van der Waals surface area contributed by atoms with E-state index in [-0.39, 0.29) is 12.5 Å². The summed E-state index contributed by atoms with van der Waals surface area (Å²) in [6.07, 6.45) is 0. The number of hydrogen-bond donors (Lipinski definition) is 0. The molecule has 1 fully saturated rings. The Morgan fingerprint density at radius 3 is 2.31 bits per heavy atom. The first-order valence-electron chi connectivity index (χ1n) is 10.4. The van der Waals surface area contributed by atoms with Crippen molar-refractivity contribution < 1.29 is 14.3 Å². The van der Waals surface area contributed by atoms with E-state index in [0.29, 0.717) is 37.0 Å². The number of benzene rings is 2. The number of ether oxygens (including phenoxy) is 2. The van der Waals surface area contributed by atoms with Crippen LogP contribution in [0.15, 0.2) is 54.6 Å². The summed E-state index contributed by atoms with van der Waals surface area (Å²) in [5, 5.41) is 9.44. The van der Waals surface area contributed by atoms with Crippen molar-refractivity contribution in [2.45, 2.75) is 6.92 Å². The van der Waals surface area contributed by atoms with E-state index in [9.17, 15) is 4.79 Å². The minimum atomic E-state index is -0.0295. The molecule has 1 saturated heterocycles. The van der Waals surface area contributed by atoms with E-state index >= 15 is 0 Å². The number of hydrogen-bond acceptors (Lipinski definition) is 6. The van der Waals surface area contributed by atoms with Crippen molar-refractivity contribution in [2.24, 2.45) is 0 Å². The lowest BCUT2D eigenvalue weighted by molar-refractivity contribution is -0.133. The molecule has 166 valence electrons. The third-order valence-corrected chi connectivity index (χ3v) is 5.91. The summed E-state index contributed by atoms with van der Waals surface area (Å²) in [7, 11) is 1.64. The first-order valence-corrected chi connectivity index (χ1v) is 10.8. The molecule has 4 rings (SSSR count). The highest BCUT2D eigenvalue weighted by Gasteiger charge is 2.22. The lowest BCUT2D eigenvalue weighted by atomic mass is 10.1. The molecule has 0 atom stereocenters. The zero-order valence-electron chi connectivity index (χ0n) is 18.1. The Hall–Kier alpha value is -3.32. The standard InChI is InChI=1S/C24H25ClN4O3/c1-17-15-20(7-8-21(17)25)32-16-24(30)29-13-11-28(12-14-29)23-10-9-22(26-27-23)18-3-5-19(31-2)6-4-18/h3-10,15H,11-14,16H2,1-2H3. The molecule has 0 aliphatic carbocycles. The Labute approximate surface area is 192 Å². The SMILES string of the molecule is COc1ccc(-c2ccc(N3CCN(C(=O)COc4ccc(Cl)c(C)c4)CC3)nn2)cc1. The third-order valence-electron chi connectivity index (χ3n) is 5.48. The van der Waals surface area contributed by atoms with Crippen LogP contribution in [0.25, 0.3) is 11.3 Å². The molecule has 1 aliphatic rings. The van der Waals surface area contributed by atoms with E-state index in [1.54, 1.807) is 19.2 Å². The summed E-state index contributed by atoms with van der Waals surface area (Å²) in [4.78, 5) is 16.5. The maximum absolute atomic E-state index is 12.5. The summed E-state index contributed by atoms with van der Waals surface area (Å²) in [5.74, 6) is 2.23. The van der Waals surface area contributed by atoms with Crippen LogP contribution in [0, 0.1) is 6.92 Å². The molecule has 32 heavy (non-hydrogen) atoms. The predicted molar refractivity (Wildman–Crippen MR) is 124 cm³/mol. The van der Waals surface area contributed by atoms with Gasteiger partial charge in [-0.3, -0.25) is 4.79 Å². The molecule has 7 nitrogen and oxygen atoms in total. The second-order valence-electron chi connectivity index (χ2n) is 7.57. The molecule has 0 saturated carbocycles. The Balaban J connectivity index is 1.29. The Morgan fingerprint density at radius 1 is 0.969 bits per heavy atom. The summed E-state index contributed by atoms with van der Waals surface area (Å²) < 4.78 is 10.8. The highest BCUT2D eigenvalue weighted by atomic mass is 35.5. The van der Waals surface area contributed by atoms with Crippen molar-refractivity contribution >= 4 is 23.3 Å². The van der Waals surface area contributed by atoms with Gasteiger partial charge >= 0.3 is 0 Å². The minimum absolute atomic E-state index is 0.0113. The number of methoxy groups -OCH3 is 1. The third kappa shape index (κ3) is 5.11. The van der Waals surface area contributed by atoms with Gasteiger partial charge in [0.05, 0.1) is 12.8 Å². The van der Waals surface area contributed by atoms with Crippen molar-refractivity contribution in [3.05, 3.63) is 65.2 Å². The minimum Gasteiger partial charge on any atom is -0.497 e. The quantitative estimate of drug-likeness (QED) is 0.566. The molecule has 1 aromatic heterocycles. The van der Waals surface area contributed by atoms with Crippen LogP contribution in [-0.2, 0) is 4.79 Å². The van der Waals surface area contributed by atoms with Crippen LogP contribution in [0.2, 0.25) is 5.02 Å². The average molecular weight is 453 g/mol. The van der Waals surface area contributed by atoms with Gasteiger partial charge in [-0.1, -0.05) is 11.6 Å². The monoisotopic (exact) mass is 452 g/mol. The fourth-order valence-electron chi connectivity index (χ4n) is 3.54. The van der Waals surface area contributed by atoms with Gasteiger partial charge < -0.3 is 19.3 Å². The number of anilines is 1. The number of aromatic nitrogens is 2. The summed E-state index contributed by atoms with van der Waals surface area (Å²) in [6, 6.07) is 17.0. The van der Waals surface area contributed by atoms with Crippen molar-refractivity contribution in [3.8, 4) is 22.8 Å². The molecule has 1 aliphatic heterocycles. The highest BCUT2D eigenvalue weighted by molar-refractivity contribution is 6.31. The molecule has 1 amide bonds. The van der Waals surface area contributed by atoms with Gasteiger partial charge in [-0.15, -0.1) is 10.2 Å². The lowest BCUT2D eigenvalue weighted by Gasteiger charge is -2.35. The van der Waals surface area contributed by atoms with Gasteiger partial charge in [-0.05, 0) is 67.1 Å². The Morgan fingerprint density at radius 2 is 1.69 bits per heavy atom. The van der Waals surface area contributed by atoms with Crippen molar-refractivity contribution in [3.63, 3.8) is 0 Å². The van der Waals surface area contributed by atoms with Crippen LogP contribution in [0.3, 0.4) is 0 Å². The van der Waals surface area contributed by atoms with E-state index in [1.807, 2.05) is 54.3 Å². The molecule has 0 unspecified atom stereocenters. The van der Waals surface area contributed by atoms with E-state index in [4.69, 9.17) is 21.1 Å². The largest absolute Gasteiger partial charge is 0.497 e. The molecule has 0 bridgehead atoms. The van der Waals surface area contributed by atoms with E-state index in [2.05, 4.69) is 15.1 Å². The molecule has 2 aromatic carbocycles. The van der Waals surface area contributed by atoms with Gasteiger partial charge in [0.15, 0.2) is 12.4 Å². The van der Waals surface area contributed by atoms with Gasteiger partial charge in [0.25, 0.3) is 5.91 Å². The van der Waals surface area contributed by atoms with Gasteiger partial charge in [-0.25, -0.2) is 0 Å². The van der Waals surface area contributed by atoms with Crippen LogP contribution < -0.4 is 14.4 Å². The first-order chi connectivity index (χ1) is 15.5. The number of amides is 1. The first kappa shape index (κ1) is 21.9. The van der Waals surface area contributed by atoms with E-state index < -0.39 is 0 Å². The lowest BCUT2D eigenvalue weighted by Crippen LogP contribution is -2.50. The maximum atomic E-state index is 12.5. The van der Waals surface area contributed by atoms with Crippen LogP contribution in [0.5, 0.6) is 11.5 Å². The van der Waals surface area contributed by atoms with Crippen molar-refractivity contribution in [2.75, 3.05) is 44.8 Å².